The van der Waals surface area contributed by atoms with Crippen molar-refractivity contribution in [1.82, 2.24) is 26.0 Å². The van der Waals surface area contributed by atoms with Gasteiger partial charge in [0.25, 0.3) is 11.8 Å². The van der Waals surface area contributed by atoms with Gasteiger partial charge in [-0.1, -0.05) is 37.2 Å². The second kappa shape index (κ2) is 16.9. The van der Waals surface area contributed by atoms with Crippen molar-refractivity contribution in [3.05, 3.63) is 64.3 Å². The number of aryl methyl sites for hydroxylation is 2. The second-order valence-corrected chi connectivity index (χ2v) is 10.6. The molecular weight excluding hydrogens is 575 g/mol. The van der Waals surface area contributed by atoms with E-state index >= 15 is 0 Å². The number of aliphatic hydroxyl groups is 1. The van der Waals surface area contributed by atoms with Crippen LogP contribution in [0.15, 0.2) is 40.4 Å². The number of likely N-dealkylation sites (N-methyl/N-ethyl adjacent to an activating group) is 1. The maximum absolute atomic E-state index is 14.3. The van der Waals surface area contributed by atoms with E-state index in [1.807, 2.05) is 19.9 Å². The molecule has 0 spiro atoms. The lowest BCUT2D eigenvalue weighted by atomic mass is 10.1. The highest BCUT2D eigenvalue weighted by atomic mass is 19.1. The third-order valence-electron chi connectivity index (χ3n) is 6.26. The molecule has 0 aliphatic carbocycles. The molecule has 0 saturated heterocycles. The summed E-state index contributed by atoms with van der Waals surface area (Å²) in [4.78, 5) is 52.7. The van der Waals surface area contributed by atoms with Crippen LogP contribution < -0.4 is 16.0 Å². The Kier molecular flexibility index (Phi) is 13.7. The zero-order chi connectivity index (χ0) is 33.0. The molecule has 0 bridgehead atoms. The van der Waals surface area contributed by atoms with Crippen molar-refractivity contribution in [2.75, 3.05) is 26.8 Å². The normalized spacial score (nSPS) is 13.4. The summed E-state index contributed by atoms with van der Waals surface area (Å²) in [5, 5.41) is 30.5. The van der Waals surface area contributed by atoms with E-state index in [1.54, 1.807) is 26.0 Å². The Labute approximate surface area is 255 Å². The first-order chi connectivity index (χ1) is 20.7. The molecule has 0 aliphatic heterocycles. The lowest BCUT2D eigenvalue weighted by Crippen LogP contribution is -2.58. The Balaban J connectivity index is 2.12. The van der Waals surface area contributed by atoms with Crippen LogP contribution in [0.25, 0.3) is 0 Å². The summed E-state index contributed by atoms with van der Waals surface area (Å²) in [7, 11) is 1.49. The fourth-order valence-electron chi connectivity index (χ4n) is 3.84. The number of halogens is 1. The molecule has 2 aromatic rings. The smallest absolute Gasteiger partial charge is 0.274 e. The lowest BCUT2D eigenvalue weighted by molar-refractivity contribution is -0.133. The molecule has 1 aromatic heterocycles. The molecule has 0 fully saturated rings. The SMILES string of the molecule is Cc1ccc(CNC(=O)C(COCCN(C)C(=O)C(C#N)=CC(C)C)NC(=O)[C@@H](NC(=O)c2cc(C)on2)[C@@H](C)O)c(F)c1. The van der Waals surface area contributed by atoms with Crippen molar-refractivity contribution < 1.29 is 37.9 Å². The first kappa shape index (κ1) is 35.6. The summed E-state index contributed by atoms with van der Waals surface area (Å²) in [6.45, 7) is 7.71. The Morgan fingerprint density at radius 3 is 2.43 bits per heavy atom. The molecule has 1 aromatic carbocycles. The minimum absolute atomic E-state index is 0.00941. The molecule has 0 aliphatic rings. The highest BCUT2D eigenvalue weighted by Crippen LogP contribution is 2.10. The van der Waals surface area contributed by atoms with E-state index in [9.17, 15) is 33.9 Å². The number of hydrogen-bond acceptors (Lipinski definition) is 9. The maximum atomic E-state index is 14.3. The van der Waals surface area contributed by atoms with E-state index in [-0.39, 0.29) is 49.1 Å². The number of ether oxygens (including phenoxy) is 1. The largest absolute Gasteiger partial charge is 0.391 e. The lowest BCUT2D eigenvalue weighted by Gasteiger charge is -2.25. The topological polar surface area (TPSA) is 187 Å². The Morgan fingerprint density at radius 1 is 1.16 bits per heavy atom. The van der Waals surface area contributed by atoms with Crippen LogP contribution in [-0.2, 0) is 25.7 Å². The Hall–Kier alpha value is -4.61. The first-order valence-electron chi connectivity index (χ1n) is 13.9. The fraction of sp³-hybridized carbons (Fsp3) is 0.467. The van der Waals surface area contributed by atoms with Crippen LogP contribution in [0.3, 0.4) is 0 Å². The van der Waals surface area contributed by atoms with Crippen molar-refractivity contribution in [2.24, 2.45) is 5.92 Å². The van der Waals surface area contributed by atoms with Crippen molar-refractivity contribution in [3.8, 4) is 6.07 Å². The van der Waals surface area contributed by atoms with E-state index in [2.05, 4.69) is 21.1 Å². The average Bonchev–Trinajstić information content (AvgIpc) is 3.40. The summed E-state index contributed by atoms with van der Waals surface area (Å²) in [5.74, 6) is -3.07. The highest BCUT2D eigenvalue weighted by molar-refractivity contribution is 5.98. The molecule has 1 heterocycles. The van der Waals surface area contributed by atoms with Crippen molar-refractivity contribution >= 4 is 23.6 Å². The molecule has 4 N–H and O–H groups in total. The molecule has 0 saturated carbocycles. The maximum Gasteiger partial charge on any atom is 0.274 e. The minimum atomic E-state index is -1.48. The van der Waals surface area contributed by atoms with Gasteiger partial charge >= 0.3 is 0 Å². The summed E-state index contributed by atoms with van der Waals surface area (Å²) < 4.78 is 24.8. The number of nitrogens with one attached hydrogen (secondary N) is 3. The minimum Gasteiger partial charge on any atom is -0.391 e. The predicted octanol–water partition coefficient (Wildman–Crippen LogP) is 1.29. The number of nitrogens with zero attached hydrogens (tertiary/aromatic N) is 3. The second-order valence-electron chi connectivity index (χ2n) is 10.6. The van der Waals surface area contributed by atoms with Gasteiger partial charge in [-0.3, -0.25) is 19.2 Å². The van der Waals surface area contributed by atoms with Crippen LogP contribution in [0.4, 0.5) is 4.39 Å². The average molecular weight is 615 g/mol. The molecule has 14 heteroatoms. The van der Waals surface area contributed by atoms with Gasteiger partial charge in [-0.25, -0.2) is 4.39 Å². The number of carbonyl (C=O) groups is 4. The molecular formula is C30H39FN6O7. The Morgan fingerprint density at radius 2 is 1.86 bits per heavy atom. The van der Waals surface area contributed by atoms with Gasteiger partial charge in [0.2, 0.25) is 11.8 Å². The number of carbonyl (C=O) groups excluding carboxylic acids is 4. The molecule has 238 valence electrons. The molecule has 2 rings (SSSR count). The zero-order valence-corrected chi connectivity index (χ0v) is 25.6. The number of aliphatic hydroxyl groups excluding tert-OH is 1. The molecule has 1 unspecified atom stereocenters. The summed E-state index contributed by atoms with van der Waals surface area (Å²) in [6, 6.07) is 4.94. The number of nitriles is 1. The summed E-state index contributed by atoms with van der Waals surface area (Å²) in [6.07, 6.45) is 0.180. The van der Waals surface area contributed by atoms with Gasteiger partial charge in [0.1, 0.15) is 35.3 Å². The van der Waals surface area contributed by atoms with Crippen LogP contribution in [-0.4, -0.2) is 83.8 Å². The van der Waals surface area contributed by atoms with Crippen molar-refractivity contribution in [3.63, 3.8) is 0 Å². The number of aromatic nitrogens is 1. The van der Waals surface area contributed by atoms with Crippen LogP contribution in [0.1, 0.15) is 48.1 Å². The van der Waals surface area contributed by atoms with E-state index in [1.165, 1.54) is 37.1 Å². The van der Waals surface area contributed by atoms with Crippen LogP contribution in [0.5, 0.6) is 0 Å². The number of hydrogen-bond donors (Lipinski definition) is 4. The van der Waals surface area contributed by atoms with Gasteiger partial charge in [0.05, 0.1) is 19.3 Å². The van der Waals surface area contributed by atoms with Crippen LogP contribution in [0, 0.1) is 36.9 Å². The third-order valence-corrected chi connectivity index (χ3v) is 6.26. The van der Waals surface area contributed by atoms with Gasteiger partial charge < -0.3 is 35.2 Å². The third kappa shape index (κ3) is 10.9. The highest BCUT2D eigenvalue weighted by Gasteiger charge is 2.31. The molecule has 3 atom stereocenters. The number of rotatable bonds is 15. The molecule has 13 nitrogen and oxygen atoms in total. The van der Waals surface area contributed by atoms with Crippen molar-refractivity contribution in [2.45, 2.75) is 59.4 Å². The number of benzene rings is 1. The molecule has 0 radical (unpaired) electrons. The van der Waals surface area contributed by atoms with Gasteiger partial charge in [0, 0.05) is 31.8 Å². The molecule has 44 heavy (non-hydrogen) atoms. The van der Waals surface area contributed by atoms with Crippen molar-refractivity contribution in [1.29, 1.82) is 5.26 Å². The number of allylic oxidation sites excluding steroid dienone is 1. The summed E-state index contributed by atoms with van der Waals surface area (Å²) in [5.41, 5.74) is 0.797. The van der Waals surface area contributed by atoms with Crippen LogP contribution in [0.2, 0.25) is 0 Å². The van der Waals surface area contributed by atoms with Gasteiger partial charge in [-0.05, 0) is 38.3 Å². The zero-order valence-electron chi connectivity index (χ0n) is 25.6. The van der Waals surface area contributed by atoms with Crippen LogP contribution >= 0.6 is 0 Å². The predicted molar refractivity (Wildman–Crippen MR) is 156 cm³/mol. The van der Waals surface area contributed by atoms with Gasteiger partial charge in [0.15, 0.2) is 5.69 Å². The first-order valence-corrected chi connectivity index (χ1v) is 13.9. The molecule has 4 amide bonds. The fourth-order valence-corrected chi connectivity index (χ4v) is 3.84. The summed E-state index contributed by atoms with van der Waals surface area (Å²) >= 11 is 0. The standard InChI is InChI=1S/C30H39FN6O7/c1-17(2)11-22(14-32)30(42)37(6)9-10-43-16-25(27(39)33-15-21-8-7-18(3)12-23(21)31)34-29(41)26(20(5)38)35-28(40)24-13-19(4)44-36-24/h7-8,11-13,17,20,25-26,38H,9-10,15-16H2,1-6H3,(H,33,39)(H,34,41)(H,35,40)/t20-,25?,26+/m1/s1. The van der Waals surface area contributed by atoms with Gasteiger partial charge in [-0.2, -0.15) is 5.26 Å². The number of amides is 4. The van der Waals surface area contributed by atoms with Gasteiger partial charge in [-0.15, -0.1) is 0 Å². The van der Waals surface area contributed by atoms with E-state index in [0.717, 1.165) is 0 Å². The monoisotopic (exact) mass is 614 g/mol. The van der Waals surface area contributed by atoms with E-state index < -0.39 is 47.6 Å². The van der Waals surface area contributed by atoms with E-state index in [4.69, 9.17) is 9.26 Å². The Bertz CT molecular complexity index is 1400. The quantitative estimate of drug-likeness (QED) is 0.130. The van der Waals surface area contributed by atoms with E-state index in [0.29, 0.717) is 11.3 Å².